The summed E-state index contributed by atoms with van der Waals surface area (Å²) in [4.78, 5) is 37.7. The Balaban J connectivity index is 1.46. The number of methoxy groups -OCH3 is 1. The van der Waals surface area contributed by atoms with E-state index < -0.39 is 12.0 Å². The van der Waals surface area contributed by atoms with Gasteiger partial charge in [-0.2, -0.15) is 0 Å². The van der Waals surface area contributed by atoms with Crippen LogP contribution in [0.3, 0.4) is 0 Å². The molecule has 0 aliphatic carbocycles. The van der Waals surface area contributed by atoms with Gasteiger partial charge in [0.15, 0.2) is 0 Å². The van der Waals surface area contributed by atoms with Crippen molar-refractivity contribution >= 4 is 23.4 Å². The lowest BCUT2D eigenvalue weighted by Gasteiger charge is -2.22. The quantitative estimate of drug-likeness (QED) is 0.296. The zero-order valence-corrected chi connectivity index (χ0v) is 22.9. The number of carbonyl (C=O) groups excluding carboxylic acids is 3. The molecule has 0 aliphatic heterocycles. The molecule has 3 aromatic rings. The standard InChI is InChI=1S/C32H38N3O4/c1-22(10-11-24-12-16-27(17-13-24)34-31(37)26-8-6-5-7-9-26)20-23(2)30(36)35-29(32(38)33-3)21-25-14-18-28(39-4)19-15-25/h5-9,12-19,22-23,29H,2,10-11,20-21H2,1,3-4H3,(H,33,38)(H,34,37)(H,35,36). The Morgan fingerprint density at radius 2 is 1.51 bits per heavy atom. The van der Waals surface area contributed by atoms with Gasteiger partial charge in [-0.1, -0.05) is 49.4 Å². The number of aryl methyl sites for hydroxylation is 1. The number of rotatable bonds is 13. The first-order valence-electron chi connectivity index (χ1n) is 13.2. The Labute approximate surface area is 231 Å². The van der Waals surface area contributed by atoms with Crippen LogP contribution in [-0.2, 0) is 22.4 Å². The van der Waals surface area contributed by atoms with E-state index in [4.69, 9.17) is 4.74 Å². The van der Waals surface area contributed by atoms with Crippen LogP contribution in [0.15, 0.2) is 78.9 Å². The maximum Gasteiger partial charge on any atom is 0.255 e. The monoisotopic (exact) mass is 528 g/mol. The number of hydrogen-bond donors (Lipinski definition) is 3. The predicted molar refractivity (Wildman–Crippen MR) is 154 cm³/mol. The van der Waals surface area contributed by atoms with Gasteiger partial charge < -0.3 is 20.7 Å². The number of hydrogen-bond acceptors (Lipinski definition) is 4. The van der Waals surface area contributed by atoms with Crippen molar-refractivity contribution in [2.24, 2.45) is 11.8 Å². The van der Waals surface area contributed by atoms with Crippen LogP contribution in [0, 0.1) is 18.8 Å². The van der Waals surface area contributed by atoms with Crippen LogP contribution in [0.1, 0.15) is 41.3 Å². The van der Waals surface area contributed by atoms with Gasteiger partial charge in [-0.25, -0.2) is 0 Å². The van der Waals surface area contributed by atoms with E-state index in [1.807, 2.05) is 66.7 Å². The fourth-order valence-corrected chi connectivity index (χ4v) is 4.34. The molecule has 3 amide bonds. The molecule has 0 fully saturated rings. The minimum atomic E-state index is -0.684. The van der Waals surface area contributed by atoms with E-state index in [0.717, 1.165) is 35.4 Å². The minimum Gasteiger partial charge on any atom is -0.497 e. The Hall–Kier alpha value is -4.13. The van der Waals surface area contributed by atoms with E-state index in [-0.39, 0.29) is 23.6 Å². The summed E-state index contributed by atoms with van der Waals surface area (Å²) >= 11 is 0. The van der Waals surface area contributed by atoms with Crippen molar-refractivity contribution in [1.29, 1.82) is 0 Å². The second kappa shape index (κ2) is 14.7. The van der Waals surface area contributed by atoms with Crippen LogP contribution in [0.25, 0.3) is 0 Å². The topological polar surface area (TPSA) is 96.5 Å². The van der Waals surface area contributed by atoms with Gasteiger partial charge in [0.2, 0.25) is 11.8 Å². The van der Waals surface area contributed by atoms with Crippen LogP contribution in [0.4, 0.5) is 5.69 Å². The second-order valence-corrected chi connectivity index (χ2v) is 9.82. The van der Waals surface area contributed by atoms with Crippen molar-refractivity contribution in [1.82, 2.24) is 10.6 Å². The molecule has 0 aliphatic rings. The first-order valence-corrected chi connectivity index (χ1v) is 13.2. The van der Waals surface area contributed by atoms with Crippen molar-refractivity contribution in [2.75, 3.05) is 19.5 Å². The van der Waals surface area contributed by atoms with E-state index in [1.54, 1.807) is 26.3 Å². The lowest BCUT2D eigenvalue weighted by Crippen LogP contribution is -2.48. The Morgan fingerprint density at radius 1 is 0.872 bits per heavy atom. The second-order valence-electron chi connectivity index (χ2n) is 9.82. The molecule has 39 heavy (non-hydrogen) atoms. The van der Waals surface area contributed by atoms with Crippen LogP contribution >= 0.6 is 0 Å². The highest BCUT2D eigenvalue weighted by atomic mass is 16.5. The molecule has 0 heterocycles. The maximum atomic E-state index is 12.9. The minimum absolute atomic E-state index is 0.139. The summed E-state index contributed by atoms with van der Waals surface area (Å²) in [6, 6.07) is 23.7. The maximum absolute atomic E-state index is 12.9. The number of likely N-dealkylation sites (N-methyl/N-ethyl adjacent to an activating group) is 1. The van der Waals surface area contributed by atoms with Gasteiger partial charge in [0, 0.05) is 30.6 Å². The number of carbonyl (C=O) groups is 3. The Kier molecular flexibility index (Phi) is 11.1. The van der Waals surface area contributed by atoms with Crippen molar-refractivity contribution in [3.8, 4) is 5.75 Å². The Morgan fingerprint density at radius 3 is 2.13 bits per heavy atom. The zero-order valence-electron chi connectivity index (χ0n) is 22.9. The van der Waals surface area contributed by atoms with E-state index in [2.05, 4.69) is 29.8 Å². The average Bonchev–Trinajstić information content (AvgIpc) is 2.96. The molecule has 3 atom stereocenters. The van der Waals surface area contributed by atoms with Gasteiger partial charge >= 0.3 is 0 Å². The molecule has 7 nitrogen and oxygen atoms in total. The van der Waals surface area contributed by atoms with Gasteiger partial charge in [0.05, 0.1) is 7.11 Å². The number of benzene rings is 3. The van der Waals surface area contributed by atoms with Crippen molar-refractivity contribution in [3.63, 3.8) is 0 Å². The van der Waals surface area contributed by atoms with Gasteiger partial charge in [-0.05, 0) is 79.6 Å². The summed E-state index contributed by atoms with van der Waals surface area (Å²) in [6.07, 6.45) is 2.72. The highest BCUT2D eigenvalue weighted by molar-refractivity contribution is 6.04. The molecule has 3 N–H and O–H groups in total. The lowest BCUT2D eigenvalue weighted by atomic mass is 9.91. The van der Waals surface area contributed by atoms with E-state index in [1.165, 1.54) is 0 Å². The highest BCUT2D eigenvalue weighted by Crippen LogP contribution is 2.20. The van der Waals surface area contributed by atoms with Gasteiger partial charge in [-0.3, -0.25) is 14.4 Å². The van der Waals surface area contributed by atoms with Gasteiger partial charge in [-0.15, -0.1) is 0 Å². The third-order valence-corrected chi connectivity index (χ3v) is 6.71. The van der Waals surface area contributed by atoms with E-state index in [0.29, 0.717) is 18.4 Å². The largest absolute Gasteiger partial charge is 0.497 e. The summed E-state index contributed by atoms with van der Waals surface area (Å²) in [6.45, 7) is 6.17. The summed E-state index contributed by atoms with van der Waals surface area (Å²) in [5, 5.41) is 8.42. The highest BCUT2D eigenvalue weighted by Gasteiger charge is 2.24. The summed E-state index contributed by atoms with van der Waals surface area (Å²) in [5.74, 6) is -0.101. The molecule has 3 aromatic carbocycles. The SMILES string of the molecule is [CH2]C(CC(C)CCc1ccc(NC(=O)c2ccccc2)cc1)C(=O)NC(Cc1ccc(OC)cc1)C(=O)NC. The Bertz CT molecular complexity index is 1210. The average molecular weight is 529 g/mol. The molecular weight excluding hydrogens is 490 g/mol. The van der Waals surface area contributed by atoms with Crippen molar-refractivity contribution in [3.05, 3.63) is 102 Å². The molecule has 0 saturated heterocycles. The number of anilines is 1. The first kappa shape index (κ1) is 29.4. The number of amides is 3. The summed E-state index contributed by atoms with van der Waals surface area (Å²) in [7, 11) is 3.16. The summed E-state index contributed by atoms with van der Waals surface area (Å²) in [5.41, 5.74) is 3.44. The predicted octanol–water partition coefficient (Wildman–Crippen LogP) is 4.83. The lowest BCUT2D eigenvalue weighted by molar-refractivity contribution is -0.130. The molecule has 3 rings (SSSR count). The molecule has 0 saturated carbocycles. The number of nitrogens with one attached hydrogen (secondary N) is 3. The van der Waals surface area contributed by atoms with Gasteiger partial charge in [0.25, 0.3) is 5.91 Å². The molecule has 0 aromatic heterocycles. The van der Waals surface area contributed by atoms with Crippen LogP contribution in [0.2, 0.25) is 0 Å². The molecule has 205 valence electrons. The third-order valence-electron chi connectivity index (χ3n) is 6.71. The fraction of sp³-hybridized carbons (Fsp3) is 0.312. The fourth-order valence-electron chi connectivity index (χ4n) is 4.34. The molecule has 7 heteroatoms. The molecule has 1 radical (unpaired) electrons. The van der Waals surface area contributed by atoms with E-state index in [9.17, 15) is 14.4 Å². The van der Waals surface area contributed by atoms with Crippen LogP contribution in [-0.4, -0.2) is 37.9 Å². The summed E-state index contributed by atoms with van der Waals surface area (Å²) < 4.78 is 5.19. The van der Waals surface area contributed by atoms with Crippen LogP contribution in [0.5, 0.6) is 5.75 Å². The molecule has 3 unspecified atom stereocenters. The van der Waals surface area contributed by atoms with Crippen molar-refractivity contribution in [2.45, 2.75) is 38.6 Å². The smallest absolute Gasteiger partial charge is 0.255 e. The normalized spacial score (nSPS) is 13.0. The van der Waals surface area contributed by atoms with E-state index >= 15 is 0 Å². The first-order chi connectivity index (χ1) is 18.8. The molecule has 0 spiro atoms. The van der Waals surface area contributed by atoms with Crippen LogP contribution < -0.4 is 20.7 Å². The van der Waals surface area contributed by atoms with Crippen molar-refractivity contribution < 1.29 is 19.1 Å². The van der Waals surface area contributed by atoms with Gasteiger partial charge in [0.1, 0.15) is 11.8 Å². The number of ether oxygens (including phenoxy) is 1. The third kappa shape index (κ3) is 9.28. The molecule has 0 bridgehead atoms. The zero-order chi connectivity index (χ0) is 28.2. The molecular formula is C32H38N3O4.